The minimum atomic E-state index is 1.06. The van der Waals surface area contributed by atoms with E-state index in [9.17, 15) is 0 Å². The van der Waals surface area contributed by atoms with Crippen LogP contribution in [0.2, 0.25) is 0 Å². The number of halogens is 1. The Morgan fingerprint density at radius 3 is 2.12 bits per heavy atom. The molecule has 0 saturated carbocycles. The molecule has 0 aliphatic heterocycles. The van der Waals surface area contributed by atoms with Crippen LogP contribution >= 0.6 is 15.9 Å². The molecule has 82 valence electrons. The van der Waals surface area contributed by atoms with Gasteiger partial charge in [-0.05, 0) is 11.1 Å². The fourth-order valence-corrected chi connectivity index (χ4v) is 1.92. The average Bonchev–Trinajstić information content (AvgIpc) is 2.38. The highest BCUT2D eigenvalue weighted by atomic mass is 79.9. The Hall–Kier alpha value is -1.15. The maximum absolute atomic E-state index is 3.44. The van der Waals surface area contributed by atoms with Crippen LogP contribution in [0.1, 0.15) is 6.42 Å². The van der Waals surface area contributed by atoms with Crippen molar-refractivity contribution in [3.8, 4) is 11.1 Å². The first-order chi connectivity index (χ1) is 7.90. The van der Waals surface area contributed by atoms with E-state index in [-0.39, 0.29) is 0 Å². The summed E-state index contributed by atoms with van der Waals surface area (Å²) in [5.74, 6) is 0. The largest absolute Gasteiger partial charge is 0.205 e. The SMILES string of the molecule is BrCCC[n+]1ccc(-c2ccccc2)cc1. The van der Waals surface area contributed by atoms with Gasteiger partial charge in [-0.25, -0.2) is 4.57 Å². The van der Waals surface area contributed by atoms with E-state index in [0.29, 0.717) is 0 Å². The molecule has 1 nitrogen and oxygen atoms in total. The number of aromatic nitrogens is 1. The zero-order chi connectivity index (χ0) is 11.2. The van der Waals surface area contributed by atoms with Gasteiger partial charge in [-0.2, -0.15) is 0 Å². The molecule has 2 aromatic rings. The predicted molar refractivity (Wildman–Crippen MR) is 70.5 cm³/mol. The van der Waals surface area contributed by atoms with E-state index in [1.807, 2.05) is 6.07 Å². The van der Waals surface area contributed by atoms with Crippen molar-refractivity contribution in [3.05, 3.63) is 54.9 Å². The zero-order valence-electron chi connectivity index (χ0n) is 9.14. The van der Waals surface area contributed by atoms with E-state index in [4.69, 9.17) is 0 Å². The molecule has 0 spiro atoms. The van der Waals surface area contributed by atoms with Crippen molar-refractivity contribution in [2.24, 2.45) is 0 Å². The van der Waals surface area contributed by atoms with E-state index >= 15 is 0 Å². The molecule has 0 saturated heterocycles. The van der Waals surface area contributed by atoms with Crippen molar-refractivity contribution in [2.75, 3.05) is 5.33 Å². The molecule has 2 heteroatoms. The molecule has 0 aliphatic carbocycles. The van der Waals surface area contributed by atoms with Crippen LogP contribution in [0, 0.1) is 0 Å². The summed E-state index contributed by atoms with van der Waals surface area (Å²) >= 11 is 3.44. The summed E-state index contributed by atoms with van der Waals surface area (Å²) in [6.07, 6.45) is 5.45. The van der Waals surface area contributed by atoms with E-state index in [0.717, 1.165) is 18.3 Å². The van der Waals surface area contributed by atoms with Gasteiger partial charge in [-0.3, -0.25) is 0 Å². The molecule has 2 rings (SSSR count). The minimum absolute atomic E-state index is 1.06. The van der Waals surface area contributed by atoms with Crippen molar-refractivity contribution in [1.82, 2.24) is 0 Å². The van der Waals surface area contributed by atoms with Crippen molar-refractivity contribution >= 4 is 15.9 Å². The van der Waals surface area contributed by atoms with E-state index in [1.54, 1.807) is 0 Å². The number of alkyl halides is 1. The van der Waals surface area contributed by atoms with Gasteiger partial charge >= 0.3 is 0 Å². The molecule has 0 amide bonds. The standard InChI is InChI=1S/C14H15BrN/c15-9-4-10-16-11-7-14(8-12-16)13-5-2-1-3-6-13/h1-3,5-8,11-12H,4,9-10H2/q+1. The smallest absolute Gasteiger partial charge is 0.169 e. The lowest BCUT2D eigenvalue weighted by Gasteiger charge is -2.00. The third-order valence-electron chi connectivity index (χ3n) is 2.55. The third kappa shape index (κ3) is 2.92. The second-order valence-electron chi connectivity index (χ2n) is 3.73. The number of hydrogen-bond acceptors (Lipinski definition) is 0. The molecule has 0 aliphatic rings. The molecule has 0 atom stereocenters. The van der Waals surface area contributed by atoms with Gasteiger partial charge < -0.3 is 0 Å². The number of nitrogens with zero attached hydrogens (tertiary/aromatic N) is 1. The van der Waals surface area contributed by atoms with Crippen molar-refractivity contribution in [3.63, 3.8) is 0 Å². The first kappa shape index (κ1) is 11.3. The maximum Gasteiger partial charge on any atom is 0.169 e. The molecule has 1 aromatic heterocycles. The van der Waals surface area contributed by atoms with E-state index < -0.39 is 0 Å². The van der Waals surface area contributed by atoms with Gasteiger partial charge in [0.2, 0.25) is 0 Å². The van der Waals surface area contributed by atoms with Gasteiger partial charge in [0.05, 0.1) is 0 Å². The second-order valence-corrected chi connectivity index (χ2v) is 4.53. The number of pyridine rings is 1. The molecule has 1 aromatic carbocycles. The maximum atomic E-state index is 3.44. The first-order valence-corrected chi connectivity index (χ1v) is 6.63. The lowest BCUT2D eigenvalue weighted by Crippen LogP contribution is -2.32. The van der Waals surface area contributed by atoms with Crippen LogP contribution in [0.3, 0.4) is 0 Å². The predicted octanol–water partition coefficient (Wildman–Crippen LogP) is 3.43. The quantitative estimate of drug-likeness (QED) is 0.595. The summed E-state index contributed by atoms with van der Waals surface area (Å²) < 4.78 is 2.22. The topological polar surface area (TPSA) is 3.88 Å². The summed E-state index contributed by atoms with van der Waals surface area (Å²) in [6, 6.07) is 14.8. The van der Waals surface area contributed by atoms with Crippen molar-refractivity contribution in [1.29, 1.82) is 0 Å². The van der Waals surface area contributed by atoms with Gasteiger partial charge in [-0.1, -0.05) is 46.3 Å². The van der Waals surface area contributed by atoms with Gasteiger partial charge in [0.1, 0.15) is 6.54 Å². The molecule has 1 heterocycles. The minimum Gasteiger partial charge on any atom is -0.205 e. The number of hydrogen-bond donors (Lipinski definition) is 0. The number of rotatable bonds is 4. The fraction of sp³-hybridized carbons (Fsp3) is 0.214. The number of benzene rings is 1. The van der Waals surface area contributed by atoms with Gasteiger partial charge in [-0.15, -0.1) is 0 Å². The van der Waals surface area contributed by atoms with Gasteiger partial charge in [0.25, 0.3) is 0 Å². The molecule has 0 bridgehead atoms. The Bertz CT molecular complexity index is 422. The monoisotopic (exact) mass is 276 g/mol. The third-order valence-corrected chi connectivity index (χ3v) is 3.11. The van der Waals surface area contributed by atoms with Crippen LogP contribution in [0.5, 0.6) is 0 Å². The summed E-state index contributed by atoms with van der Waals surface area (Å²) in [6.45, 7) is 1.07. The lowest BCUT2D eigenvalue weighted by atomic mass is 10.1. The van der Waals surface area contributed by atoms with Crippen molar-refractivity contribution < 1.29 is 4.57 Å². The summed E-state index contributed by atoms with van der Waals surface area (Å²) in [5, 5.41) is 1.06. The Morgan fingerprint density at radius 2 is 1.50 bits per heavy atom. The van der Waals surface area contributed by atoms with Gasteiger partial charge in [0.15, 0.2) is 12.4 Å². The Kier molecular flexibility index (Phi) is 4.11. The Morgan fingerprint density at radius 1 is 0.875 bits per heavy atom. The second kappa shape index (κ2) is 5.80. The van der Waals surface area contributed by atoms with Crippen LogP contribution in [-0.2, 0) is 6.54 Å². The molecule has 16 heavy (non-hydrogen) atoms. The first-order valence-electron chi connectivity index (χ1n) is 5.50. The van der Waals surface area contributed by atoms with Crippen molar-refractivity contribution in [2.45, 2.75) is 13.0 Å². The average molecular weight is 277 g/mol. The van der Waals surface area contributed by atoms with Crippen LogP contribution in [0.15, 0.2) is 54.9 Å². The van der Waals surface area contributed by atoms with E-state index in [1.165, 1.54) is 11.1 Å². The molecule has 0 N–H and O–H groups in total. The fourth-order valence-electron chi connectivity index (χ4n) is 1.67. The highest BCUT2D eigenvalue weighted by molar-refractivity contribution is 9.09. The van der Waals surface area contributed by atoms with Crippen LogP contribution in [0.25, 0.3) is 11.1 Å². The van der Waals surface area contributed by atoms with Crippen LogP contribution in [0.4, 0.5) is 0 Å². The van der Waals surface area contributed by atoms with E-state index in [2.05, 4.69) is 69.3 Å². The summed E-state index contributed by atoms with van der Waals surface area (Å²) in [7, 11) is 0. The molecule has 0 radical (unpaired) electrons. The van der Waals surface area contributed by atoms with Crippen LogP contribution in [-0.4, -0.2) is 5.33 Å². The Balaban J connectivity index is 2.13. The molecular formula is C14H15BrN+. The Labute approximate surface area is 105 Å². The lowest BCUT2D eigenvalue weighted by molar-refractivity contribution is -0.696. The zero-order valence-corrected chi connectivity index (χ0v) is 10.7. The molecular weight excluding hydrogens is 262 g/mol. The number of aryl methyl sites for hydroxylation is 1. The summed E-state index contributed by atoms with van der Waals surface area (Å²) in [5.41, 5.74) is 2.55. The molecule has 0 unspecified atom stereocenters. The normalized spacial score (nSPS) is 10.3. The summed E-state index contributed by atoms with van der Waals surface area (Å²) in [4.78, 5) is 0. The highest BCUT2D eigenvalue weighted by Gasteiger charge is 2.01. The molecule has 0 fully saturated rings. The van der Waals surface area contributed by atoms with Crippen LogP contribution < -0.4 is 4.57 Å². The van der Waals surface area contributed by atoms with Gasteiger partial charge in [0, 0.05) is 23.9 Å². The highest BCUT2D eigenvalue weighted by Crippen LogP contribution is 2.16.